The van der Waals surface area contributed by atoms with Crippen LogP contribution in [0.5, 0.6) is 0 Å². The summed E-state index contributed by atoms with van der Waals surface area (Å²) >= 11 is 0. The molecule has 2 N–H and O–H groups in total. The second kappa shape index (κ2) is 9.00. The van der Waals surface area contributed by atoms with Gasteiger partial charge in [0.1, 0.15) is 0 Å². The molecule has 0 aliphatic heterocycles. The molecule has 0 saturated heterocycles. The highest BCUT2D eigenvalue weighted by molar-refractivity contribution is 5.78. The maximum absolute atomic E-state index is 11.3. The van der Waals surface area contributed by atoms with Crippen LogP contribution in [0.15, 0.2) is 0 Å². The summed E-state index contributed by atoms with van der Waals surface area (Å²) < 4.78 is 0. The largest absolute Gasteiger partial charge is 0.353 e. The molecule has 1 amide bonds. The van der Waals surface area contributed by atoms with Crippen molar-refractivity contribution in [1.82, 2.24) is 10.6 Å². The molecule has 0 heterocycles. The lowest BCUT2D eigenvalue weighted by atomic mass is 10.2. The van der Waals surface area contributed by atoms with E-state index in [1.54, 1.807) is 0 Å². The Balaban J connectivity index is 3.35. The summed E-state index contributed by atoms with van der Waals surface area (Å²) in [5.74, 6) is 0.113. The van der Waals surface area contributed by atoms with E-state index in [1.807, 2.05) is 6.92 Å². The minimum Gasteiger partial charge on any atom is -0.353 e. The van der Waals surface area contributed by atoms with E-state index >= 15 is 0 Å². The number of amides is 1. The van der Waals surface area contributed by atoms with E-state index in [9.17, 15) is 4.79 Å². The molecule has 0 aliphatic rings. The summed E-state index contributed by atoms with van der Waals surface area (Å²) in [5, 5.41) is 6.08. The lowest BCUT2D eigenvalue weighted by molar-refractivity contribution is -0.120. The average molecular weight is 200 g/mol. The van der Waals surface area contributed by atoms with Crippen LogP contribution >= 0.6 is 0 Å². The summed E-state index contributed by atoms with van der Waals surface area (Å²) in [4.78, 5) is 11.3. The molecule has 14 heavy (non-hydrogen) atoms. The van der Waals surface area contributed by atoms with Gasteiger partial charge in [-0.05, 0) is 26.3 Å². The molecule has 0 aromatic rings. The number of carbonyl (C=O) groups excluding carboxylic acids is 1. The van der Waals surface area contributed by atoms with Crippen molar-refractivity contribution in [3.05, 3.63) is 0 Å². The fraction of sp³-hybridized carbons (Fsp3) is 0.909. The van der Waals surface area contributed by atoms with Crippen LogP contribution in [0.2, 0.25) is 0 Å². The van der Waals surface area contributed by atoms with Gasteiger partial charge < -0.3 is 10.6 Å². The summed E-state index contributed by atoms with van der Waals surface area (Å²) in [7, 11) is 0. The zero-order chi connectivity index (χ0) is 10.8. The first-order valence-electron chi connectivity index (χ1n) is 5.70. The zero-order valence-corrected chi connectivity index (χ0v) is 9.73. The molecule has 0 spiro atoms. The van der Waals surface area contributed by atoms with Crippen molar-refractivity contribution in [2.75, 3.05) is 13.1 Å². The Bertz CT molecular complexity index is 148. The van der Waals surface area contributed by atoms with Gasteiger partial charge in [-0.3, -0.25) is 4.79 Å². The molecule has 0 bridgehead atoms. The molecule has 0 aromatic heterocycles. The number of rotatable bonds is 8. The Morgan fingerprint density at radius 1 is 1.29 bits per heavy atom. The maximum atomic E-state index is 11.3. The van der Waals surface area contributed by atoms with Crippen molar-refractivity contribution in [2.24, 2.45) is 0 Å². The fourth-order valence-corrected chi connectivity index (χ4v) is 1.33. The van der Waals surface area contributed by atoms with Crippen LogP contribution in [-0.4, -0.2) is 25.0 Å². The fourth-order valence-electron chi connectivity index (χ4n) is 1.33. The van der Waals surface area contributed by atoms with Gasteiger partial charge in [-0.1, -0.05) is 26.7 Å². The summed E-state index contributed by atoms with van der Waals surface area (Å²) in [6.07, 6.45) is 4.48. The van der Waals surface area contributed by atoms with Crippen LogP contribution in [0.1, 0.15) is 46.5 Å². The monoisotopic (exact) mass is 200 g/mol. The first-order valence-corrected chi connectivity index (χ1v) is 5.70. The molecule has 0 radical (unpaired) electrons. The van der Waals surface area contributed by atoms with Crippen molar-refractivity contribution in [3.8, 4) is 0 Å². The van der Waals surface area contributed by atoms with Gasteiger partial charge in [0.2, 0.25) is 5.91 Å². The highest BCUT2D eigenvalue weighted by Crippen LogP contribution is 1.93. The van der Waals surface area contributed by atoms with Crippen LogP contribution in [0.4, 0.5) is 0 Å². The Morgan fingerprint density at radius 3 is 2.57 bits per heavy atom. The van der Waals surface area contributed by atoms with Gasteiger partial charge in [-0.15, -0.1) is 0 Å². The van der Waals surface area contributed by atoms with Crippen LogP contribution in [0.25, 0.3) is 0 Å². The molecule has 3 nitrogen and oxygen atoms in total. The van der Waals surface area contributed by atoms with Gasteiger partial charge in [0.05, 0.1) is 6.54 Å². The summed E-state index contributed by atoms with van der Waals surface area (Å²) in [6, 6.07) is 0.306. The topological polar surface area (TPSA) is 41.1 Å². The molecule has 84 valence electrons. The van der Waals surface area contributed by atoms with Crippen molar-refractivity contribution >= 4 is 5.91 Å². The van der Waals surface area contributed by atoms with Gasteiger partial charge in [-0.25, -0.2) is 0 Å². The third-order valence-electron chi connectivity index (χ3n) is 2.12. The van der Waals surface area contributed by atoms with Gasteiger partial charge in [0.15, 0.2) is 0 Å². The SMILES string of the molecule is CCCCNCC(=O)NC(C)CCC. The van der Waals surface area contributed by atoms with E-state index in [0.29, 0.717) is 12.6 Å². The van der Waals surface area contributed by atoms with Crippen LogP contribution in [0, 0.1) is 0 Å². The minimum absolute atomic E-state index is 0.113. The van der Waals surface area contributed by atoms with E-state index in [0.717, 1.165) is 25.8 Å². The highest BCUT2D eigenvalue weighted by Gasteiger charge is 2.04. The Kier molecular flexibility index (Phi) is 8.64. The van der Waals surface area contributed by atoms with E-state index < -0.39 is 0 Å². The minimum atomic E-state index is 0.113. The van der Waals surface area contributed by atoms with E-state index in [-0.39, 0.29) is 5.91 Å². The van der Waals surface area contributed by atoms with E-state index in [4.69, 9.17) is 0 Å². The zero-order valence-electron chi connectivity index (χ0n) is 9.73. The Morgan fingerprint density at radius 2 is 2.00 bits per heavy atom. The lowest BCUT2D eigenvalue weighted by Gasteiger charge is -2.12. The lowest BCUT2D eigenvalue weighted by Crippen LogP contribution is -2.39. The van der Waals surface area contributed by atoms with Gasteiger partial charge in [-0.2, -0.15) is 0 Å². The van der Waals surface area contributed by atoms with Crippen molar-refractivity contribution in [1.29, 1.82) is 0 Å². The van der Waals surface area contributed by atoms with Crippen LogP contribution in [-0.2, 0) is 4.79 Å². The van der Waals surface area contributed by atoms with E-state index in [1.165, 1.54) is 6.42 Å². The average Bonchev–Trinajstić information content (AvgIpc) is 2.13. The maximum Gasteiger partial charge on any atom is 0.234 e. The molecule has 0 rings (SSSR count). The van der Waals surface area contributed by atoms with Crippen molar-refractivity contribution in [2.45, 2.75) is 52.5 Å². The molecule has 0 aromatic carbocycles. The van der Waals surface area contributed by atoms with Gasteiger partial charge >= 0.3 is 0 Å². The molecular weight excluding hydrogens is 176 g/mol. The van der Waals surface area contributed by atoms with Crippen molar-refractivity contribution < 1.29 is 4.79 Å². The first-order chi connectivity index (χ1) is 6.70. The summed E-state index contributed by atoms with van der Waals surface area (Å²) in [5.41, 5.74) is 0. The highest BCUT2D eigenvalue weighted by atomic mass is 16.1. The second-order valence-electron chi connectivity index (χ2n) is 3.79. The molecule has 0 fully saturated rings. The predicted octanol–water partition coefficient (Wildman–Crippen LogP) is 1.68. The quantitative estimate of drug-likeness (QED) is 0.585. The molecule has 0 aliphatic carbocycles. The first kappa shape index (κ1) is 13.4. The van der Waals surface area contributed by atoms with Gasteiger partial charge in [0.25, 0.3) is 0 Å². The smallest absolute Gasteiger partial charge is 0.234 e. The predicted molar refractivity (Wildman–Crippen MR) is 60.3 cm³/mol. The number of hydrogen-bond donors (Lipinski definition) is 2. The molecule has 3 heteroatoms. The third-order valence-corrected chi connectivity index (χ3v) is 2.12. The number of nitrogens with one attached hydrogen (secondary N) is 2. The molecule has 1 atom stereocenters. The van der Waals surface area contributed by atoms with Crippen LogP contribution in [0.3, 0.4) is 0 Å². The van der Waals surface area contributed by atoms with Crippen molar-refractivity contribution in [3.63, 3.8) is 0 Å². The number of carbonyl (C=O) groups is 1. The Labute approximate surface area is 87.6 Å². The second-order valence-corrected chi connectivity index (χ2v) is 3.79. The van der Waals surface area contributed by atoms with Gasteiger partial charge in [0, 0.05) is 6.04 Å². The normalized spacial score (nSPS) is 12.5. The molecular formula is C11H24N2O. The molecule has 1 unspecified atom stereocenters. The number of unbranched alkanes of at least 4 members (excludes halogenated alkanes) is 1. The Hall–Kier alpha value is -0.570. The summed E-state index contributed by atoms with van der Waals surface area (Å²) in [6.45, 7) is 7.71. The van der Waals surface area contributed by atoms with E-state index in [2.05, 4.69) is 24.5 Å². The standard InChI is InChI=1S/C11H24N2O/c1-4-6-8-12-9-11(14)13-10(3)7-5-2/h10,12H,4-9H2,1-3H3,(H,13,14). The number of hydrogen-bond acceptors (Lipinski definition) is 2. The van der Waals surface area contributed by atoms with Crippen LogP contribution < -0.4 is 10.6 Å². The molecule has 0 saturated carbocycles. The third kappa shape index (κ3) is 8.05.